The topological polar surface area (TPSA) is 49.7 Å². The van der Waals surface area contributed by atoms with Gasteiger partial charge in [0.25, 0.3) is 0 Å². The van der Waals surface area contributed by atoms with Gasteiger partial charge >= 0.3 is 0 Å². The average Bonchev–Trinajstić information content (AvgIpc) is 2.16. The van der Waals surface area contributed by atoms with E-state index >= 15 is 0 Å². The molecule has 0 amide bonds. The Hall–Kier alpha value is -1.61. The highest BCUT2D eigenvalue weighted by Crippen LogP contribution is 2.17. The number of aliphatic imine (C=N–C) groups is 1. The summed E-state index contributed by atoms with van der Waals surface area (Å²) < 4.78 is 0. The molecule has 0 radical (unpaired) electrons. The molecule has 0 aliphatic rings. The third-order valence-corrected chi connectivity index (χ3v) is 2.16. The number of carbonyl (C=O) groups is 1. The third-order valence-electron chi connectivity index (χ3n) is 1.92. The number of aliphatic hydroxyl groups is 1. The molecule has 1 aromatic carbocycles. The number of allylic oxidation sites excluding steroid dienone is 2. The number of aliphatic hydroxyl groups excluding tert-OH is 1. The number of hydrogen-bond acceptors (Lipinski definition) is 3. The van der Waals surface area contributed by atoms with Gasteiger partial charge in [-0.05, 0) is 32.0 Å². The highest BCUT2D eigenvalue weighted by atomic mass is 35.5. The van der Waals surface area contributed by atoms with Crippen molar-refractivity contribution in [2.24, 2.45) is 4.99 Å². The van der Waals surface area contributed by atoms with E-state index in [1.54, 1.807) is 24.3 Å². The quantitative estimate of drug-likeness (QED) is 0.497. The first-order chi connectivity index (χ1) is 7.50. The number of rotatable bonds is 3. The molecule has 0 saturated carbocycles. The molecule has 84 valence electrons. The molecule has 0 heterocycles. The number of carbonyl (C=O) groups excluding carboxylic acids is 1. The van der Waals surface area contributed by atoms with Crippen LogP contribution in [0, 0.1) is 0 Å². The zero-order chi connectivity index (χ0) is 12.1. The molecule has 1 rings (SSSR count). The summed E-state index contributed by atoms with van der Waals surface area (Å²) in [5.74, 6) is -0.274. The Balaban J connectivity index is 2.96. The molecule has 0 bridgehead atoms. The van der Waals surface area contributed by atoms with E-state index in [4.69, 9.17) is 11.6 Å². The molecule has 0 atom stereocenters. The maximum Gasteiger partial charge on any atom is 0.164 e. The first-order valence-electron chi connectivity index (χ1n) is 4.71. The van der Waals surface area contributed by atoms with E-state index in [0.717, 1.165) is 0 Å². The van der Waals surface area contributed by atoms with Crippen molar-refractivity contribution in [1.29, 1.82) is 0 Å². The van der Waals surface area contributed by atoms with E-state index in [-0.39, 0.29) is 17.1 Å². The molecular weight excluding hydrogens is 226 g/mol. The lowest BCUT2D eigenvalue weighted by Gasteiger charge is -1.98. The Morgan fingerprint density at radius 2 is 2.12 bits per heavy atom. The Labute approximate surface area is 99.1 Å². The third kappa shape index (κ3) is 3.51. The van der Waals surface area contributed by atoms with Gasteiger partial charge in [0.2, 0.25) is 0 Å². The Morgan fingerprint density at radius 1 is 1.44 bits per heavy atom. The maximum atomic E-state index is 11.1. The summed E-state index contributed by atoms with van der Waals surface area (Å²) in [6.07, 6.45) is 1.34. The molecule has 0 fully saturated rings. The lowest BCUT2D eigenvalue weighted by atomic mass is 10.2. The minimum absolute atomic E-state index is 0.0433. The Bertz CT molecular complexity index is 460. The van der Waals surface area contributed by atoms with E-state index in [1.807, 2.05) is 0 Å². The van der Waals surface area contributed by atoms with Gasteiger partial charge in [-0.2, -0.15) is 0 Å². The summed E-state index contributed by atoms with van der Waals surface area (Å²) in [6, 6.07) is 6.92. The zero-order valence-corrected chi connectivity index (χ0v) is 9.82. The van der Waals surface area contributed by atoms with Gasteiger partial charge in [-0.3, -0.25) is 9.79 Å². The monoisotopic (exact) mass is 237 g/mol. The molecule has 0 unspecified atom stereocenters. The SMILES string of the molecule is CC(=O)C(C=Nc1cccc(Cl)c1)=C(C)O. The molecule has 1 aromatic rings. The van der Waals surface area contributed by atoms with Gasteiger partial charge in [0.05, 0.1) is 11.3 Å². The van der Waals surface area contributed by atoms with Crippen LogP contribution >= 0.6 is 11.6 Å². The fourth-order valence-corrected chi connectivity index (χ4v) is 1.32. The van der Waals surface area contributed by atoms with Crippen LogP contribution in [0.25, 0.3) is 0 Å². The minimum atomic E-state index is -0.231. The van der Waals surface area contributed by atoms with Crippen molar-refractivity contribution in [3.8, 4) is 0 Å². The van der Waals surface area contributed by atoms with E-state index in [2.05, 4.69) is 4.99 Å². The molecule has 0 saturated heterocycles. The second-order valence-corrected chi connectivity index (χ2v) is 3.73. The van der Waals surface area contributed by atoms with Crippen LogP contribution in [0.3, 0.4) is 0 Å². The van der Waals surface area contributed by atoms with Crippen LogP contribution in [0.15, 0.2) is 40.6 Å². The minimum Gasteiger partial charge on any atom is -0.512 e. The summed E-state index contributed by atoms with van der Waals surface area (Å²) in [5.41, 5.74) is 0.826. The predicted octanol–water partition coefficient (Wildman–Crippen LogP) is 3.46. The number of benzene rings is 1. The second kappa shape index (κ2) is 5.47. The molecule has 0 spiro atoms. The number of Topliss-reactive ketones (excluding diaryl/α,β-unsaturated/α-hetero) is 1. The van der Waals surface area contributed by atoms with Crippen molar-refractivity contribution in [3.63, 3.8) is 0 Å². The van der Waals surface area contributed by atoms with Crippen LogP contribution in [0.2, 0.25) is 5.02 Å². The summed E-state index contributed by atoms with van der Waals surface area (Å²) in [6.45, 7) is 2.82. The Morgan fingerprint density at radius 3 is 2.62 bits per heavy atom. The number of halogens is 1. The first-order valence-corrected chi connectivity index (χ1v) is 5.09. The van der Waals surface area contributed by atoms with Crippen LogP contribution in [-0.2, 0) is 4.79 Å². The predicted molar refractivity (Wildman–Crippen MR) is 65.6 cm³/mol. The standard InChI is InChI=1S/C12H12ClNO2/c1-8(15)12(9(2)16)7-14-11-5-3-4-10(13)6-11/h3-7,15H,1-2H3. The molecule has 1 N–H and O–H groups in total. The van der Waals surface area contributed by atoms with E-state index in [9.17, 15) is 9.90 Å². The Kier molecular flexibility index (Phi) is 4.26. The number of nitrogens with zero attached hydrogens (tertiary/aromatic N) is 1. The summed E-state index contributed by atoms with van der Waals surface area (Å²) in [5, 5.41) is 9.83. The first kappa shape index (κ1) is 12.5. The normalized spacial score (nSPS) is 12.7. The number of hydrogen-bond donors (Lipinski definition) is 1. The van der Waals surface area contributed by atoms with Crippen LogP contribution in [0.1, 0.15) is 13.8 Å². The largest absolute Gasteiger partial charge is 0.512 e. The molecule has 16 heavy (non-hydrogen) atoms. The second-order valence-electron chi connectivity index (χ2n) is 3.29. The van der Waals surface area contributed by atoms with Gasteiger partial charge in [0.15, 0.2) is 5.78 Å². The van der Waals surface area contributed by atoms with Crippen molar-refractivity contribution in [3.05, 3.63) is 40.6 Å². The fourth-order valence-electron chi connectivity index (χ4n) is 1.13. The van der Waals surface area contributed by atoms with Gasteiger partial charge in [-0.25, -0.2) is 0 Å². The average molecular weight is 238 g/mol. The molecule has 4 heteroatoms. The van der Waals surface area contributed by atoms with Crippen LogP contribution in [-0.4, -0.2) is 17.1 Å². The van der Waals surface area contributed by atoms with E-state index in [0.29, 0.717) is 10.7 Å². The molecule has 0 aliphatic carbocycles. The van der Waals surface area contributed by atoms with Gasteiger partial charge in [0.1, 0.15) is 5.76 Å². The van der Waals surface area contributed by atoms with Gasteiger partial charge in [0, 0.05) is 11.2 Å². The van der Waals surface area contributed by atoms with Crippen LogP contribution in [0.4, 0.5) is 5.69 Å². The highest BCUT2D eigenvalue weighted by molar-refractivity contribution is 6.30. The molecule has 0 aliphatic heterocycles. The van der Waals surface area contributed by atoms with Crippen molar-refractivity contribution in [1.82, 2.24) is 0 Å². The van der Waals surface area contributed by atoms with Crippen molar-refractivity contribution in [2.45, 2.75) is 13.8 Å². The smallest absolute Gasteiger partial charge is 0.164 e. The lowest BCUT2D eigenvalue weighted by molar-refractivity contribution is -0.113. The number of ketones is 1. The van der Waals surface area contributed by atoms with E-state index in [1.165, 1.54) is 20.1 Å². The summed E-state index contributed by atoms with van der Waals surface area (Å²) in [4.78, 5) is 15.2. The van der Waals surface area contributed by atoms with Gasteiger partial charge in [-0.15, -0.1) is 0 Å². The maximum absolute atomic E-state index is 11.1. The summed E-state index contributed by atoms with van der Waals surface area (Å²) >= 11 is 5.78. The molecular formula is C12H12ClNO2. The van der Waals surface area contributed by atoms with Gasteiger partial charge < -0.3 is 5.11 Å². The zero-order valence-electron chi connectivity index (χ0n) is 9.07. The highest BCUT2D eigenvalue weighted by Gasteiger charge is 2.04. The van der Waals surface area contributed by atoms with Gasteiger partial charge in [-0.1, -0.05) is 17.7 Å². The summed E-state index contributed by atoms with van der Waals surface area (Å²) in [7, 11) is 0. The molecule has 0 aromatic heterocycles. The van der Waals surface area contributed by atoms with Crippen molar-refractivity contribution in [2.75, 3.05) is 0 Å². The van der Waals surface area contributed by atoms with Crippen molar-refractivity contribution >= 4 is 29.3 Å². The van der Waals surface area contributed by atoms with Crippen LogP contribution < -0.4 is 0 Å². The van der Waals surface area contributed by atoms with Crippen molar-refractivity contribution < 1.29 is 9.90 Å². The van der Waals surface area contributed by atoms with E-state index < -0.39 is 0 Å². The lowest BCUT2D eigenvalue weighted by Crippen LogP contribution is -2.01. The van der Waals surface area contributed by atoms with Crippen LogP contribution in [0.5, 0.6) is 0 Å². The fraction of sp³-hybridized carbons (Fsp3) is 0.167. The molecule has 3 nitrogen and oxygen atoms in total.